The van der Waals surface area contributed by atoms with E-state index < -0.39 is 5.91 Å². The van der Waals surface area contributed by atoms with E-state index >= 15 is 0 Å². The largest absolute Gasteiger partial charge is 0.389 e. The first kappa shape index (κ1) is 7.05. The van der Waals surface area contributed by atoms with Crippen LogP contribution in [0, 0.1) is 0 Å². The molecule has 0 fully saturated rings. The van der Waals surface area contributed by atoms with E-state index in [1.54, 1.807) is 0 Å². The number of hydrogen-bond acceptors (Lipinski definition) is 3. The molecule has 4 nitrogen and oxygen atoms in total. The number of nitrogens with two attached hydrogens (primary N) is 1. The van der Waals surface area contributed by atoms with Gasteiger partial charge in [-0.2, -0.15) is 0 Å². The Morgan fingerprint density at radius 3 is 2.60 bits per heavy atom. The molecule has 0 atom stereocenters. The van der Waals surface area contributed by atoms with Gasteiger partial charge in [-0.1, -0.05) is 5.16 Å². The number of carbonyl (C=O) groups excluding carboxylic acids is 1. The highest BCUT2D eigenvalue weighted by atomic mass is 16.7. The molecular formula is C6H10N2O2. The van der Waals surface area contributed by atoms with Crippen LogP contribution in [0.5, 0.6) is 0 Å². The Morgan fingerprint density at radius 2 is 2.40 bits per heavy atom. The van der Waals surface area contributed by atoms with Gasteiger partial charge in [-0.25, -0.2) is 0 Å². The zero-order valence-corrected chi connectivity index (χ0v) is 6.05. The minimum absolute atomic E-state index is 0.324. The van der Waals surface area contributed by atoms with Gasteiger partial charge in [0.1, 0.15) is 11.3 Å². The van der Waals surface area contributed by atoms with Gasteiger partial charge >= 0.3 is 0 Å². The number of nitrogens with zero attached hydrogens (tertiary/aromatic N) is 1. The van der Waals surface area contributed by atoms with E-state index in [1.165, 1.54) is 0 Å². The summed E-state index contributed by atoms with van der Waals surface area (Å²) in [6, 6.07) is 0. The van der Waals surface area contributed by atoms with Gasteiger partial charge in [0.15, 0.2) is 0 Å². The molecule has 0 saturated carbocycles. The third kappa shape index (κ3) is 1.26. The minimum atomic E-state index is -0.495. The molecule has 0 aliphatic carbocycles. The number of amides is 1. The van der Waals surface area contributed by atoms with Crippen molar-refractivity contribution in [3.05, 3.63) is 0 Å². The lowest BCUT2D eigenvalue weighted by molar-refractivity contribution is -0.112. The fourth-order valence-electron chi connectivity index (χ4n) is 0.779. The summed E-state index contributed by atoms with van der Waals surface area (Å²) in [4.78, 5) is 15.4. The standard InChI is InChI=1S/C6H10N2O2/c1-6(2)3-4(5(7)9)8-10-6/h3H2,1-2H3,(H2,7,9). The molecule has 0 radical (unpaired) electrons. The molecule has 2 N–H and O–H groups in total. The lowest BCUT2D eigenvalue weighted by Gasteiger charge is -2.12. The van der Waals surface area contributed by atoms with Crippen LogP contribution in [0.1, 0.15) is 20.3 Å². The average molecular weight is 142 g/mol. The first-order valence-electron chi connectivity index (χ1n) is 3.06. The van der Waals surface area contributed by atoms with Crippen LogP contribution in [-0.2, 0) is 9.63 Å². The van der Waals surface area contributed by atoms with Crippen LogP contribution in [0.3, 0.4) is 0 Å². The van der Waals surface area contributed by atoms with Crippen molar-refractivity contribution in [2.75, 3.05) is 0 Å². The summed E-state index contributed by atoms with van der Waals surface area (Å²) in [5.74, 6) is -0.495. The van der Waals surface area contributed by atoms with Crippen LogP contribution in [-0.4, -0.2) is 17.2 Å². The van der Waals surface area contributed by atoms with Gasteiger partial charge < -0.3 is 10.6 Å². The summed E-state index contributed by atoms with van der Waals surface area (Å²) in [6.07, 6.45) is 0.502. The van der Waals surface area contributed by atoms with Gasteiger partial charge in [0, 0.05) is 6.42 Å². The number of hydrogen-bond donors (Lipinski definition) is 1. The highest BCUT2D eigenvalue weighted by Gasteiger charge is 2.31. The second kappa shape index (κ2) is 1.97. The molecule has 1 heterocycles. The van der Waals surface area contributed by atoms with E-state index in [4.69, 9.17) is 10.6 Å². The molecule has 0 aromatic rings. The monoisotopic (exact) mass is 142 g/mol. The molecule has 0 aromatic carbocycles. The molecule has 0 bridgehead atoms. The predicted octanol–water partition coefficient (Wildman–Crippen LogP) is 0.0266. The van der Waals surface area contributed by atoms with E-state index in [-0.39, 0.29) is 5.60 Å². The summed E-state index contributed by atoms with van der Waals surface area (Å²) in [5.41, 5.74) is 4.94. The van der Waals surface area contributed by atoms with E-state index in [1.807, 2.05) is 13.8 Å². The Hall–Kier alpha value is -1.06. The van der Waals surface area contributed by atoms with E-state index in [2.05, 4.69) is 5.16 Å². The maximum atomic E-state index is 10.5. The second-order valence-corrected chi connectivity index (χ2v) is 2.93. The fraction of sp³-hybridized carbons (Fsp3) is 0.667. The quantitative estimate of drug-likeness (QED) is 0.561. The molecular weight excluding hydrogens is 132 g/mol. The van der Waals surface area contributed by atoms with E-state index in [0.29, 0.717) is 12.1 Å². The van der Waals surface area contributed by atoms with Gasteiger partial charge in [-0.15, -0.1) is 0 Å². The van der Waals surface area contributed by atoms with Crippen LogP contribution in [0.4, 0.5) is 0 Å². The Labute approximate surface area is 59.0 Å². The van der Waals surface area contributed by atoms with Crippen LogP contribution >= 0.6 is 0 Å². The van der Waals surface area contributed by atoms with Crippen molar-refractivity contribution in [1.29, 1.82) is 0 Å². The lowest BCUT2D eigenvalue weighted by Crippen LogP contribution is -2.26. The van der Waals surface area contributed by atoms with Crippen LogP contribution < -0.4 is 5.73 Å². The molecule has 0 saturated heterocycles. The Kier molecular flexibility index (Phi) is 1.39. The van der Waals surface area contributed by atoms with Crippen LogP contribution in [0.25, 0.3) is 0 Å². The summed E-state index contributed by atoms with van der Waals surface area (Å²) < 4.78 is 0. The molecule has 56 valence electrons. The fourth-order valence-corrected chi connectivity index (χ4v) is 0.779. The second-order valence-electron chi connectivity index (χ2n) is 2.93. The number of oxime groups is 1. The third-order valence-electron chi connectivity index (χ3n) is 1.28. The Bertz CT molecular complexity index is 196. The van der Waals surface area contributed by atoms with Crippen molar-refractivity contribution in [3.8, 4) is 0 Å². The molecule has 1 aliphatic heterocycles. The average Bonchev–Trinajstić information content (AvgIpc) is 2.10. The van der Waals surface area contributed by atoms with E-state index in [9.17, 15) is 4.79 Å². The van der Waals surface area contributed by atoms with Crippen molar-refractivity contribution >= 4 is 11.6 Å². The molecule has 10 heavy (non-hydrogen) atoms. The molecule has 0 spiro atoms. The molecule has 1 rings (SSSR count). The predicted molar refractivity (Wildman–Crippen MR) is 36.4 cm³/mol. The first-order valence-corrected chi connectivity index (χ1v) is 3.06. The van der Waals surface area contributed by atoms with Crippen LogP contribution in [0.2, 0.25) is 0 Å². The van der Waals surface area contributed by atoms with Crippen LogP contribution in [0.15, 0.2) is 5.16 Å². The molecule has 1 aliphatic rings. The zero-order valence-electron chi connectivity index (χ0n) is 6.05. The number of carbonyl (C=O) groups is 1. The number of rotatable bonds is 1. The first-order chi connectivity index (χ1) is 4.51. The van der Waals surface area contributed by atoms with Crippen molar-refractivity contribution in [1.82, 2.24) is 0 Å². The number of primary amides is 1. The maximum absolute atomic E-state index is 10.5. The summed E-state index contributed by atoms with van der Waals surface area (Å²) >= 11 is 0. The topological polar surface area (TPSA) is 64.7 Å². The van der Waals surface area contributed by atoms with Gasteiger partial charge in [0.05, 0.1) is 0 Å². The van der Waals surface area contributed by atoms with Gasteiger partial charge in [-0.3, -0.25) is 4.79 Å². The molecule has 0 aromatic heterocycles. The van der Waals surface area contributed by atoms with E-state index in [0.717, 1.165) is 0 Å². The van der Waals surface area contributed by atoms with Gasteiger partial charge in [0.2, 0.25) is 0 Å². The summed E-state index contributed by atoms with van der Waals surface area (Å²) in [7, 11) is 0. The SMILES string of the molecule is CC1(C)CC(C(N)=O)=NO1. The molecule has 1 amide bonds. The highest BCUT2D eigenvalue weighted by Crippen LogP contribution is 2.21. The Balaban J connectivity index is 2.64. The van der Waals surface area contributed by atoms with Crippen molar-refractivity contribution < 1.29 is 9.63 Å². The normalized spacial score (nSPS) is 21.6. The summed E-state index contributed by atoms with van der Waals surface area (Å²) in [6.45, 7) is 3.71. The Morgan fingerprint density at radius 1 is 1.80 bits per heavy atom. The summed E-state index contributed by atoms with van der Waals surface area (Å²) in [5, 5.41) is 3.53. The highest BCUT2D eigenvalue weighted by molar-refractivity contribution is 6.38. The van der Waals surface area contributed by atoms with Gasteiger partial charge in [0.25, 0.3) is 5.91 Å². The van der Waals surface area contributed by atoms with Crippen molar-refractivity contribution in [2.24, 2.45) is 10.9 Å². The molecule has 0 unspecified atom stereocenters. The smallest absolute Gasteiger partial charge is 0.266 e. The zero-order chi connectivity index (χ0) is 7.78. The minimum Gasteiger partial charge on any atom is -0.389 e. The van der Waals surface area contributed by atoms with Crippen molar-refractivity contribution in [2.45, 2.75) is 25.9 Å². The third-order valence-corrected chi connectivity index (χ3v) is 1.28. The van der Waals surface area contributed by atoms with Gasteiger partial charge in [-0.05, 0) is 13.8 Å². The lowest BCUT2D eigenvalue weighted by atomic mass is 10.0. The maximum Gasteiger partial charge on any atom is 0.266 e. The van der Waals surface area contributed by atoms with Crippen molar-refractivity contribution in [3.63, 3.8) is 0 Å². The molecule has 4 heteroatoms.